The molecule has 1 aliphatic carbocycles. The Labute approximate surface area is 102 Å². The lowest BCUT2D eigenvalue weighted by atomic mass is 9.84. The zero-order valence-corrected chi connectivity index (χ0v) is 10.9. The number of nitrogens with one attached hydrogen (secondary N) is 1. The van der Waals surface area contributed by atoms with Gasteiger partial charge in [0, 0.05) is 23.4 Å². The minimum Gasteiger partial charge on any atom is -0.478 e. The van der Waals surface area contributed by atoms with Crippen molar-refractivity contribution >= 4 is 17.7 Å². The van der Waals surface area contributed by atoms with E-state index in [0.29, 0.717) is 23.3 Å². The molecule has 0 spiro atoms. The molecule has 0 aliphatic heterocycles. The highest BCUT2D eigenvalue weighted by Crippen LogP contribution is 2.42. The summed E-state index contributed by atoms with van der Waals surface area (Å²) >= 11 is 1.93. The second kappa shape index (κ2) is 6.30. The molecule has 92 valence electrons. The van der Waals surface area contributed by atoms with Crippen LogP contribution in [0.15, 0.2) is 11.6 Å². The zero-order chi connectivity index (χ0) is 12.0. The summed E-state index contributed by atoms with van der Waals surface area (Å²) in [4.78, 5) is 10.7. The van der Waals surface area contributed by atoms with Crippen LogP contribution >= 0.6 is 11.8 Å². The smallest absolute Gasteiger partial charge is 0.331 e. The number of thioether (sulfide) groups is 1. The third-order valence-electron chi connectivity index (χ3n) is 3.29. The molecule has 4 heteroatoms. The molecule has 16 heavy (non-hydrogen) atoms. The van der Waals surface area contributed by atoms with Crippen LogP contribution in [0.25, 0.3) is 0 Å². The van der Waals surface area contributed by atoms with E-state index < -0.39 is 5.97 Å². The van der Waals surface area contributed by atoms with Crippen molar-refractivity contribution in [2.45, 2.75) is 37.4 Å². The predicted octanol–water partition coefficient (Wildman–Crippen LogP) is 2.28. The summed E-state index contributed by atoms with van der Waals surface area (Å²) in [6, 6.07) is 0. The van der Waals surface area contributed by atoms with Crippen molar-refractivity contribution in [1.82, 2.24) is 5.32 Å². The van der Waals surface area contributed by atoms with Gasteiger partial charge in [0.1, 0.15) is 0 Å². The molecule has 0 unspecified atom stereocenters. The highest BCUT2D eigenvalue weighted by molar-refractivity contribution is 8.00. The summed E-state index contributed by atoms with van der Waals surface area (Å²) in [6.45, 7) is 3.52. The number of rotatable bonds is 7. The van der Waals surface area contributed by atoms with Crippen LogP contribution in [0.5, 0.6) is 0 Å². The Bertz CT molecular complexity index is 267. The summed E-state index contributed by atoms with van der Waals surface area (Å²) in [5.74, 6) is -0.799. The summed E-state index contributed by atoms with van der Waals surface area (Å²) in [7, 11) is 0. The first kappa shape index (κ1) is 13.6. The van der Waals surface area contributed by atoms with Gasteiger partial charge < -0.3 is 10.4 Å². The van der Waals surface area contributed by atoms with Crippen LogP contribution in [0.3, 0.4) is 0 Å². The molecular weight excluding hydrogens is 222 g/mol. The Kier molecular flexibility index (Phi) is 5.35. The number of aliphatic carboxylic acids is 1. The van der Waals surface area contributed by atoms with Crippen molar-refractivity contribution < 1.29 is 9.90 Å². The first-order valence-corrected chi connectivity index (χ1v) is 7.04. The molecule has 0 radical (unpaired) electrons. The molecule has 1 fully saturated rings. The second-order valence-corrected chi connectivity index (χ2v) is 5.53. The van der Waals surface area contributed by atoms with Gasteiger partial charge in [0.05, 0.1) is 0 Å². The third-order valence-corrected chi connectivity index (χ3v) is 4.71. The maximum Gasteiger partial charge on any atom is 0.331 e. The summed E-state index contributed by atoms with van der Waals surface area (Å²) in [5, 5.41) is 12.2. The van der Waals surface area contributed by atoms with Crippen LogP contribution in [0.1, 0.15) is 32.6 Å². The number of hydrogen-bond acceptors (Lipinski definition) is 3. The average Bonchev–Trinajstić information content (AvgIpc) is 2.21. The van der Waals surface area contributed by atoms with E-state index in [4.69, 9.17) is 5.11 Å². The maximum atomic E-state index is 10.7. The fraction of sp³-hybridized carbons (Fsp3) is 0.750. The van der Waals surface area contributed by atoms with E-state index in [9.17, 15) is 4.79 Å². The molecule has 1 saturated carbocycles. The topological polar surface area (TPSA) is 49.3 Å². The molecule has 2 N–H and O–H groups in total. The molecule has 0 aromatic heterocycles. The van der Waals surface area contributed by atoms with E-state index in [2.05, 4.69) is 11.6 Å². The summed E-state index contributed by atoms with van der Waals surface area (Å²) in [6.07, 6.45) is 8.42. The van der Waals surface area contributed by atoms with Gasteiger partial charge in [-0.05, 0) is 25.5 Å². The minimum absolute atomic E-state index is 0.420. The molecular formula is C12H21NO2S. The predicted molar refractivity (Wildman–Crippen MR) is 69.0 cm³/mol. The Balaban J connectivity index is 2.27. The van der Waals surface area contributed by atoms with E-state index >= 15 is 0 Å². The van der Waals surface area contributed by atoms with Gasteiger partial charge in [-0.2, -0.15) is 11.8 Å². The van der Waals surface area contributed by atoms with Gasteiger partial charge in [0.25, 0.3) is 0 Å². The molecule has 1 rings (SSSR count). The van der Waals surface area contributed by atoms with Crippen molar-refractivity contribution in [3.8, 4) is 0 Å². The highest BCUT2D eigenvalue weighted by atomic mass is 32.2. The number of carbonyl (C=O) groups is 1. The van der Waals surface area contributed by atoms with Crippen LogP contribution in [0.2, 0.25) is 0 Å². The number of carboxylic acids is 1. The number of carboxylic acid groups (broad SMARTS) is 1. The lowest BCUT2D eigenvalue weighted by molar-refractivity contribution is -0.132. The average molecular weight is 243 g/mol. The maximum absolute atomic E-state index is 10.7. The molecule has 3 nitrogen and oxygen atoms in total. The molecule has 0 saturated heterocycles. The SMILES string of the molecule is CCC(=CCNCC1(SC)CCC1)C(=O)O. The Morgan fingerprint density at radius 3 is 2.62 bits per heavy atom. The van der Waals surface area contributed by atoms with E-state index in [1.165, 1.54) is 19.3 Å². The fourth-order valence-electron chi connectivity index (χ4n) is 1.90. The molecule has 0 bridgehead atoms. The minimum atomic E-state index is -0.799. The van der Waals surface area contributed by atoms with Crippen molar-refractivity contribution in [3.63, 3.8) is 0 Å². The lowest BCUT2D eigenvalue weighted by Gasteiger charge is -2.40. The Morgan fingerprint density at radius 2 is 2.25 bits per heavy atom. The zero-order valence-electron chi connectivity index (χ0n) is 10.1. The van der Waals surface area contributed by atoms with E-state index in [1.54, 1.807) is 6.08 Å². The normalized spacial score (nSPS) is 19.2. The van der Waals surface area contributed by atoms with Crippen molar-refractivity contribution in [2.75, 3.05) is 19.3 Å². The largest absolute Gasteiger partial charge is 0.478 e. The molecule has 0 aromatic carbocycles. The Hall–Kier alpha value is -0.480. The first-order valence-electron chi connectivity index (χ1n) is 5.82. The van der Waals surface area contributed by atoms with Gasteiger partial charge in [-0.15, -0.1) is 0 Å². The quantitative estimate of drug-likeness (QED) is 0.532. The van der Waals surface area contributed by atoms with Crippen LogP contribution in [-0.4, -0.2) is 35.2 Å². The van der Waals surface area contributed by atoms with Gasteiger partial charge in [-0.25, -0.2) is 4.79 Å². The standard InChI is InChI=1S/C12H21NO2S/c1-3-10(11(14)15)5-8-13-9-12(16-2)6-4-7-12/h5,13H,3-4,6-9H2,1-2H3,(H,14,15). The van der Waals surface area contributed by atoms with Crippen LogP contribution in [0.4, 0.5) is 0 Å². The fourth-order valence-corrected chi connectivity index (χ4v) is 2.85. The van der Waals surface area contributed by atoms with E-state index in [1.807, 2.05) is 18.7 Å². The van der Waals surface area contributed by atoms with Crippen molar-refractivity contribution in [3.05, 3.63) is 11.6 Å². The van der Waals surface area contributed by atoms with Gasteiger partial charge in [0.15, 0.2) is 0 Å². The van der Waals surface area contributed by atoms with Gasteiger partial charge in [-0.3, -0.25) is 0 Å². The highest BCUT2D eigenvalue weighted by Gasteiger charge is 2.35. The summed E-state index contributed by atoms with van der Waals surface area (Å²) in [5.41, 5.74) is 0.499. The third kappa shape index (κ3) is 3.52. The van der Waals surface area contributed by atoms with Crippen molar-refractivity contribution in [2.24, 2.45) is 0 Å². The first-order chi connectivity index (χ1) is 7.63. The van der Waals surface area contributed by atoms with Crippen molar-refractivity contribution in [1.29, 1.82) is 0 Å². The van der Waals surface area contributed by atoms with Gasteiger partial charge in [0.2, 0.25) is 0 Å². The summed E-state index contributed by atoms with van der Waals surface area (Å²) < 4.78 is 0.420. The van der Waals surface area contributed by atoms with Crippen LogP contribution < -0.4 is 5.32 Å². The van der Waals surface area contributed by atoms with Gasteiger partial charge >= 0.3 is 5.97 Å². The monoisotopic (exact) mass is 243 g/mol. The van der Waals surface area contributed by atoms with Crippen LogP contribution in [0, 0.1) is 0 Å². The van der Waals surface area contributed by atoms with Gasteiger partial charge in [-0.1, -0.05) is 19.4 Å². The molecule has 1 aliphatic rings. The molecule has 0 amide bonds. The van der Waals surface area contributed by atoms with E-state index in [-0.39, 0.29) is 0 Å². The lowest BCUT2D eigenvalue weighted by Crippen LogP contribution is -2.43. The molecule has 0 aromatic rings. The number of hydrogen-bond donors (Lipinski definition) is 2. The molecule has 0 heterocycles. The van der Waals surface area contributed by atoms with E-state index in [0.717, 1.165) is 6.54 Å². The molecule has 0 atom stereocenters. The second-order valence-electron chi connectivity index (χ2n) is 4.26. The Morgan fingerprint density at radius 1 is 1.56 bits per heavy atom. The van der Waals surface area contributed by atoms with Crippen LogP contribution in [-0.2, 0) is 4.79 Å².